The SMILES string of the molecule is O=C(O)c1ccccc1SCCOC1CCCCO1. The molecule has 0 spiro atoms. The molecule has 5 heteroatoms. The molecule has 1 heterocycles. The molecule has 1 N–H and O–H groups in total. The third kappa shape index (κ3) is 4.53. The highest BCUT2D eigenvalue weighted by Crippen LogP contribution is 2.23. The minimum atomic E-state index is -0.889. The number of carbonyl (C=O) groups is 1. The summed E-state index contributed by atoms with van der Waals surface area (Å²) in [5.74, 6) is -0.163. The third-order valence-electron chi connectivity index (χ3n) is 2.90. The maximum atomic E-state index is 11.0. The van der Waals surface area contributed by atoms with Crippen molar-refractivity contribution in [3.63, 3.8) is 0 Å². The van der Waals surface area contributed by atoms with E-state index in [9.17, 15) is 4.79 Å². The van der Waals surface area contributed by atoms with Crippen molar-refractivity contribution in [3.05, 3.63) is 29.8 Å². The number of carboxylic acids is 1. The van der Waals surface area contributed by atoms with Crippen LogP contribution in [-0.4, -0.2) is 36.3 Å². The van der Waals surface area contributed by atoms with Gasteiger partial charge in [-0.15, -0.1) is 11.8 Å². The van der Waals surface area contributed by atoms with Gasteiger partial charge in [-0.05, 0) is 31.4 Å². The van der Waals surface area contributed by atoms with Gasteiger partial charge in [0.1, 0.15) is 0 Å². The molecule has 1 aliphatic heterocycles. The van der Waals surface area contributed by atoms with Gasteiger partial charge in [-0.3, -0.25) is 0 Å². The lowest BCUT2D eigenvalue weighted by Crippen LogP contribution is -2.23. The van der Waals surface area contributed by atoms with Crippen LogP contribution in [0.1, 0.15) is 29.6 Å². The molecule has 2 rings (SSSR count). The average molecular weight is 282 g/mol. The molecule has 1 aromatic rings. The predicted molar refractivity (Wildman–Crippen MR) is 73.7 cm³/mol. The van der Waals surface area contributed by atoms with Crippen LogP contribution in [0.2, 0.25) is 0 Å². The Morgan fingerprint density at radius 3 is 3.00 bits per heavy atom. The summed E-state index contributed by atoms with van der Waals surface area (Å²) in [7, 11) is 0. The minimum absolute atomic E-state index is 0.0796. The molecule has 1 unspecified atom stereocenters. The second-order valence-electron chi connectivity index (χ2n) is 4.32. The Labute approximate surface area is 117 Å². The first-order chi connectivity index (χ1) is 9.27. The molecule has 0 amide bonds. The highest BCUT2D eigenvalue weighted by molar-refractivity contribution is 7.99. The number of thioether (sulfide) groups is 1. The van der Waals surface area contributed by atoms with Crippen LogP contribution >= 0.6 is 11.8 Å². The standard InChI is InChI=1S/C14H18O4S/c15-14(16)11-5-1-2-6-12(11)19-10-9-18-13-7-3-4-8-17-13/h1-2,5-6,13H,3-4,7-10H2,(H,15,16). The molecule has 1 aromatic carbocycles. The molecular formula is C14H18O4S. The number of hydrogen-bond donors (Lipinski definition) is 1. The fraction of sp³-hybridized carbons (Fsp3) is 0.500. The van der Waals surface area contributed by atoms with Crippen molar-refractivity contribution < 1.29 is 19.4 Å². The number of carboxylic acid groups (broad SMARTS) is 1. The summed E-state index contributed by atoms with van der Waals surface area (Å²) in [5, 5.41) is 9.06. The summed E-state index contributed by atoms with van der Waals surface area (Å²) in [6, 6.07) is 7.03. The molecule has 0 aromatic heterocycles. The first-order valence-electron chi connectivity index (χ1n) is 6.45. The van der Waals surface area contributed by atoms with E-state index in [0.717, 1.165) is 36.5 Å². The topological polar surface area (TPSA) is 55.8 Å². The Morgan fingerprint density at radius 1 is 1.42 bits per heavy atom. The van der Waals surface area contributed by atoms with Gasteiger partial charge in [0.05, 0.1) is 12.2 Å². The van der Waals surface area contributed by atoms with Crippen molar-refractivity contribution in [2.24, 2.45) is 0 Å². The van der Waals surface area contributed by atoms with E-state index in [0.29, 0.717) is 12.2 Å². The van der Waals surface area contributed by atoms with Crippen molar-refractivity contribution in [1.29, 1.82) is 0 Å². The van der Waals surface area contributed by atoms with E-state index in [1.165, 1.54) is 11.8 Å². The molecule has 1 fully saturated rings. The summed E-state index contributed by atoms with van der Waals surface area (Å²) in [5.41, 5.74) is 0.349. The number of ether oxygens (including phenoxy) is 2. The largest absolute Gasteiger partial charge is 0.478 e. The van der Waals surface area contributed by atoms with Gasteiger partial charge in [0.15, 0.2) is 6.29 Å². The molecule has 104 valence electrons. The molecular weight excluding hydrogens is 264 g/mol. The summed E-state index contributed by atoms with van der Waals surface area (Å²) < 4.78 is 11.1. The van der Waals surface area contributed by atoms with Crippen molar-refractivity contribution in [3.8, 4) is 0 Å². The van der Waals surface area contributed by atoms with E-state index >= 15 is 0 Å². The van der Waals surface area contributed by atoms with Gasteiger partial charge in [-0.25, -0.2) is 4.79 Å². The summed E-state index contributed by atoms with van der Waals surface area (Å²) in [4.78, 5) is 11.8. The van der Waals surface area contributed by atoms with E-state index < -0.39 is 5.97 Å². The maximum absolute atomic E-state index is 11.0. The molecule has 0 saturated carbocycles. The van der Waals surface area contributed by atoms with Crippen molar-refractivity contribution in [2.45, 2.75) is 30.4 Å². The summed E-state index contributed by atoms with van der Waals surface area (Å²) >= 11 is 1.50. The van der Waals surface area contributed by atoms with Gasteiger partial charge in [-0.2, -0.15) is 0 Å². The first kappa shape index (κ1) is 14.4. The lowest BCUT2D eigenvalue weighted by molar-refractivity contribution is -0.158. The summed E-state index contributed by atoms with van der Waals surface area (Å²) in [6.45, 7) is 1.35. The molecule has 1 atom stereocenters. The van der Waals surface area contributed by atoms with Crippen LogP contribution in [0, 0.1) is 0 Å². The van der Waals surface area contributed by atoms with E-state index in [1.54, 1.807) is 12.1 Å². The Hall–Kier alpha value is -1.04. The van der Waals surface area contributed by atoms with Gasteiger partial charge < -0.3 is 14.6 Å². The molecule has 0 radical (unpaired) electrons. The van der Waals surface area contributed by atoms with Gasteiger partial charge in [0.25, 0.3) is 0 Å². The average Bonchev–Trinajstić information content (AvgIpc) is 2.45. The van der Waals surface area contributed by atoms with Crippen LogP contribution in [0.4, 0.5) is 0 Å². The molecule has 0 aliphatic carbocycles. The highest BCUT2D eigenvalue weighted by Gasteiger charge is 2.14. The Morgan fingerprint density at radius 2 is 2.26 bits per heavy atom. The zero-order valence-corrected chi connectivity index (χ0v) is 11.5. The van der Waals surface area contributed by atoms with Crippen LogP contribution in [0.15, 0.2) is 29.2 Å². The number of hydrogen-bond acceptors (Lipinski definition) is 4. The molecule has 0 bridgehead atoms. The number of benzene rings is 1. The van der Waals surface area contributed by atoms with Gasteiger partial charge >= 0.3 is 5.97 Å². The lowest BCUT2D eigenvalue weighted by atomic mass is 10.2. The highest BCUT2D eigenvalue weighted by atomic mass is 32.2. The summed E-state index contributed by atoms with van der Waals surface area (Å²) in [6.07, 6.45) is 3.14. The van der Waals surface area contributed by atoms with E-state index in [4.69, 9.17) is 14.6 Å². The fourth-order valence-corrected chi connectivity index (χ4v) is 2.83. The van der Waals surface area contributed by atoms with Crippen LogP contribution in [0.25, 0.3) is 0 Å². The molecule has 19 heavy (non-hydrogen) atoms. The fourth-order valence-electron chi connectivity index (χ4n) is 1.94. The molecule has 1 saturated heterocycles. The Balaban J connectivity index is 1.74. The van der Waals surface area contributed by atoms with Crippen LogP contribution in [-0.2, 0) is 9.47 Å². The van der Waals surface area contributed by atoms with Crippen LogP contribution in [0.5, 0.6) is 0 Å². The van der Waals surface area contributed by atoms with E-state index in [2.05, 4.69) is 0 Å². The van der Waals surface area contributed by atoms with E-state index in [-0.39, 0.29) is 6.29 Å². The first-order valence-corrected chi connectivity index (χ1v) is 7.44. The monoisotopic (exact) mass is 282 g/mol. The van der Waals surface area contributed by atoms with Gasteiger partial charge in [0.2, 0.25) is 0 Å². The molecule has 1 aliphatic rings. The minimum Gasteiger partial charge on any atom is -0.478 e. The Kier molecular flexibility index (Phi) is 5.69. The lowest BCUT2D eigenvalue weighted by Gasteiger charge is -2.22. The van der Waals surface area contributed by atoms with Gasteiger partial charge in [0, 0.05) is 17.3 Å². The second kappa shape index (κ2) is 7.53. The van der Waals surface area contributed by atoms with Crippen molar-refractivity contribution in [1.82, 2.24) is 0 Å². The maximum Gasteiger partial charge on any atom is 0.336 e. The van der Waals surface area contributed by atoms with Gasteiger partial charge in [-0.1, -0.05) is 12.1 Å². The zero-order chi connectivity index (χ0) is 13.5. The number of aromatic carboxylic acids is 1. The normalized spacial score (nSPS) is 19.3. The van der Waals surface area contributed by atoms with Crippen LogP contribution in [0.3, 0.4) is 0 Å². The molecule has 4 nitrogen and oxygen atoms in total. The van der Waals surface area contributed by atoms with E-state index in [1.807, 2.05) is 12.1 Å². The third-order valence-corrected chi connectivity index (χ3v) is 3.94. The number of rotatable bonds is 6. The van der Waals surface area contributed by atoms with Crippen LogP contribution < -0.4 is 0 Å². The quantitative estimate of drug-likeness (QED) is 0.642. The Bertz CT molecular complexity index is 416. The zero-order valence-electron chi connectivity index (χ0n) is 10.7. The second-order valence-corrected chi connectivity index (χ2v) is 5.45. The predicted octanol–water partition coefficient (Wildman–Crippen LogP) is 3.02. The van der Waals surface area contributed by atoms with Crippen molar-refractivity contribution in [2.75, 3.05) is 19.0 Å². The van der Waals surface area contributed by atoms with Crippen molar-refractivity contribution >= 4 is 17.7 Å². The smallest absolute Gasteiger partial charge is 0.336 e.